The van der Waals surface area contributed by atoms with Gasteiger partial charge in [0, 0.05) is 30.2 Å². The normalized spacial score (nSPS) is 13.1. The molecule has 0 aliphatic carbocycles. The highest BCUT2D eigenvalue weighted by Crippen LogP contribution is 2.25. The number of halogens is 1. The predicted molar refractivity (Wildman–Crippen MR) is 107 cm³/mol. The molecule has 0 aromatic heterocycles. The zero-order chi connectivity index (χ0) is 19.6. The first-order valence-electron chi connectivity index (χ1n) is 8.92. The second-order valence-corrected chi connectivity index (χ2v) is 7.58. The summed E-state index contributed by atoms with van der Waals surface area (Å²) in [7, 11) is 1.72. The Balaban J connectivity index is 1.78. The molecule has 0 spiro atoms. The Hall–Kier alpha value is -2.47. The topological polar surface area (TPSA) is 57.7 Å². The maximum Gasteiger partial charge on any atom is 0.261 e. The molecule has 0 N–H and O–H groups in total. The first-order chi connectivity index (χ1) is 12.9. The van der Waals surface area contributed by atoms with E-state index in [0.717, 1.165) is 22.9 Å². The highest BCUT2D eigenvalue weighted by Gasteiger charge is 2.35. The Bertz CT molecular complexity index is 893. The van der Waals surface area contributed by atoms with Crippen LogP contribution in [0.25, 0.3) is 0 Å². The van der Waals surface area contributed by atoms with E-state index in [9.17, 15) is 14.4 Å². The molecule has 0 bridgehead atoms. The number of fused-ring (bicyclic) bond motifs is 1. The van der Waals surface area contributed by atoms with Gasteiger partial charge in [-0.1, -0.05) is 41.4 Å². The van der Waals surface area contributed by atoms with Gasteiger partial charge < -0.3 is 4.90 Å². The third kappa shape index (κ3) is 3.95. The number of nitrogens with zero attached hydrogens (tertiary/aromatic N) is 2. The quantitative estimate of drug-likeness (QED) is 0.650. The van der Waals surface area contributed by atoms with Crippen LogP contribution in [-0.4, -0.2) is 41.1 Å². The van der Waals surface area contributed by atoms with Crippen LogP contribution in [-0.2, 0) is 6.54 Å². The van der Waals surface area contributed by atoms with Crippen LogP contribution < -0.4 is 0 Å². The van der Waals surface area contributed by atoms with Crippen molar-refractivity contribution in [2.75, 3.05) is 13.6 Å². The molecule has 0 saturated heterocycles. The molecule has 0 unspecified atom stereocenters. The third-order valence-corrected chi connectivity index (χ3v) is 5.16. The highest BCUT2D eigenvalue weighted by atomic mass is 79.9. The van der Waals surface area contributed by atoms with E-state index in [2.05, 4.69) is 15.9 Å². The standard InChI is InChI=1S/C21H21BrN2O3/c1-3-4-11-24-20(26)17-10-7-15(12-18(17)21(24)27)19(25)23(2)13-14-5-8-16(22)9-6-14/h5-10,12H,3-4,11,13H2,1-2H3. The average Bonchev–Trinajstić information content (AvgIpc) is 2.91. The van der Waals surface area contributed by atoms with E-state index in [1.165, 1.54) is 4.90 Å². The van der Waals surface area contributed by atoms with Crippen molar-refractivity contribution in [1.82, 2.24) is 9.80 Å². The van der Waals surface area contributed by atoms with Gasteiger partial charge in [-0.25, -0.2) is 0 Å². The summed E-state index contributed by atoms with van der Waals surface area (Å²) in [5.41, 5.74) is 2.11. The average molecular weight is 429 g/mol. The van der Waals surface area contributed by atoms with E-state index < -0.39 is 0 Å². The zero-order valence-electron chi connectivity index (χ0n) is 15.4. The molecule has 2 aromatic rings. The Morgan fingerprint density at radius 3 is 2.37 bits per heavy atom. The van der Waals surface area contributed by atoms with Crippen molar-refractivity contribution in [2.45, 2.75) is 26.3 Å². The van der Waals surface area contributed by atoms with Crippen LogP contribution in [0.3, 0.4) is 0 Å². The molecular weight excluding hydrogens is 408 g/mol. The predicted octanol–water partition coefficient (Wildman–Crippen LogP) is 4.12. The van der Waals surface area contributed by atoms with Crippen molar-refractivity contribution in [1.29, 1.82) is 0 Å². The van der Waals surface area contributed by atoms with Gasteiger partial charge in [0.15, 0.2) is 0 Å². The molecular formula is C21H21BrN2O3. The summed E-state index contributed by atoms with van der Waals surface area (Å²) in [6, 6.07) is 12.5. The molecule has 3 amide bonds. The van der Waals surface area contributed by atoms with Gasteiger partial charge in [0.2, 0.25) is 0 Å². The molecule has 0 radical (unpaired) electrons. The van der Waals surface area contributed by atoms with Crippen LogP contribution in [0.4, 0.5) is 0 Å². The fourth-order valence-electron chi connectivity index (χ4n) is 3.10. The van der Waals surface area contributed by atoms with Gasteiger partial charge in [0.25, 0.3) is 17.7 Å². The smallest absolute Gasteiger partial charge is 0.261 e. The highest BCUT2D eigenvalue weighted by molar-refractivity contribution is 9.10. The molecule has 0 saturated carbocycles. The minimum atomic E-state index is -0.311. The lowest BCUT2D eigenvalue weighted by Gasteiger charge is -2.17. The maximum absolute atomic E-state index is 12.8. The number of hydrogen-bond donors (Lipinski definition) is 0. The molecule has 27 heavy (non-hydrogen) atoms. The molecule has 140 valence electrons. The SMILES string of the molecule is CCCCN1C(=O)c2ccc(C(=O)N(C)Cc3ccc(Br)cc3)cc2C1=O. The van der Waals surface area contributed by atoms with Gasteiger partial charge in [-0.05, 0) is 42.3 Å². The number of rotatable bonds is 6. The first-order valence-corrected chi connectivity index (χ1v) is 9.71. The van der Waals surface area contributed by atoms with Crippen molar-refractivity contribution in [2.24, 2.45) is 0 Å². The second kappa shape index (κ2) is 8.05. The summed E-state index contributed by atoms with van der Waals surface area (Å²) < 4.78 is 0.981. The van der Waals surface area contributed by atoms with Crippen molar-refractivity contribution >= 4 is 33.7 Å². The lowest BCUT2D eigenvalue weighted by atomic mass is 10.0. The lowest BCUT2D eigenvalue weighted by Crippen LogP contribution is -2.30. The number of carbonyl (C=O) groups excluding carboxylic acids is 3. The molecule has 0 atom stereocenters. The molecule has 3 rings (SSSR count). The van der Waals surface area contributed by atoms with Crippen LogP contribution in [0.2, 0.25) is 0 Å². The number of benzene rings is 2. The number of unbranched alkanes of at least 4 members (excludes halogenated alkanes) is 1. The Labute approximate surface area is 167 Å². The largest absolute Gasteiger partial charge is 0.337 e. The van der Waals surface area contributed by atoms with Crippen molar-refractivity contribution in [3.63, 3.8) is 0 Å². The van der Waals surface area contributed by atoms with E-state index >= 15 is 0 Å². The minimum absolute atomic E-state index is 0.187. The van der Waals surface area contributed by atoms with E-state index in [-0.39, 0.29) is 17.7 Å². The Morgan fingerprint density at radius 1 is 1.04 bits per heavy atom. The molecule has 2 aromatic carbocycles. The number of amides is 3. The van der Waals surface area contributed by atoms with Gasteiger partial charge in [-0.3, -0.25) is 19.3 Å². The lowest BCUT2D eigenvalue weighted by molar-refractivity contribution is 0.0652. The van der Waals surface area contributed by atoms with Crippen molar-refractivity contribution in [3.8, 4) is 0 Å². The second-order valence-electron chi connectivity index (χ2n) is 6.66. The third-order valence-electron chi connectivity index (χ3n) is 4.63. The summed E-state index contributed by atoms with van der Waals surface area (Å²) in [5.74, 6) is -0.771. The van der Waals surface area contributed by atoms with Gasteiger partial charge in [0.05, 0.1) is 11.1 Å². The number of imide groups is 1. The monoisotopic (exact) mass is 428 g/mol. The molecule has 0 fully saturated rings. The fraction of sp³-hybridized carbons (Fsp3) is 0.286. The Morgan fingerprint density at radius 2 is 1.70 bits per heavy atom. The number of carbonyl (C=O) groups is 3. The summed E-state index contributed by atoms with van der Waals surface area (Å²) in [5, 5.41) is 0. The zero-order valence-corrected chi connectivity index (χ0v) is 17.0. The fourth-order valence-corrected chi connectivity index (χ4v) is 3.36. The summed E-state index contributed by atoms with van der Waals surface area (Å²) in [6.45, 7) is 2.88. The molecule has 1 aliphatic heterocycles. The molecule has 1 heterocycles. The summed E-state index contributed by atoms with van der Waals surface area (Å²) in [4.78, 5) is 40.6. The first kappa shape index (κ1) is 19.3. The minimum Gasteiger partial charge on any atom is -0.337 e. The van der Waals surface area contributed by atoms with Crippen LogP contribution in [0.5, 0.6) is 0 Å². The van der Waals surface area contributed by atoms with Gasteiger partial charge >= 0.3 is 0 Å². The van der Waals surface area contributed by atoms with E-state index in [1.807, 2.05) is 31.2 Å². The van der Waals surface area contributed by atoms with Crippen LogP contribution in [0, 0.1) is 0 Å². The molecule has 1 aliphatic rings. The van der Waals surface area contributed by atoms with Crippen molar-refractivity contribution < 1.29 is 14.4 Å². The van der Waals surface area contributed by atoms with E-state index in [4.69, 9.17) is 0 Å². The van der Waals surface area contributed by atoms with Crippen LogP contribution in [0.1, 0.15) is 56.4 Å². The van der Waals surface area contributed by atoms with Crippen molar-refractivity contribution in [3.05, 3.63) is 69.2 Å². The van der Waals surface area contributed by atoms with Gasteiger partial charge in [-0.15, -0.1) is 0 Å². The maximum atomic E-state index is 12.8. The summed E-state index contributed by atoms with van der Waals surface area (Å²) in [6.07, 6.45) is 1.67. The number of hydrogen-bond acceptors (Lipinski definition) is 3. The Kier molecular flexibility index (Phi) is 5.75. The van der Waals surface area contributed by atoms with Crippen LogP contribution >= 0.6 is 15.9 Å². The molecule has 6 heteroatoms. The molecule has 5 nitrogen and oxygen atoms in total. The van der Waals surface area contributed by atoms with E-state index in [1.54, 1.807) is 30.1 Å². The van der Waals surface area contributed by atoms with Crippen LogP contribution in [0.15, 0.2) is 46.9 Å². The van der Waals surface area contributed by atoms with E-state index in [0.29, 0.717) is 29.8 Å². The van der Waals surface area contributed by atoms with Gasteiger partial charge in [-0.2, -0.15) is 0 Å². The summed E-state index contributed by atoms with van der Waals surface area (Å²) >= 11 is 3.39. The van der Waals surface area contributed by atoms with Gasteiger partial charge in [0.1, 0.15) is 0 Å².